The Morgan fingerprint density at radius 3 is 2.75 bits per heavy atom. The zero-order valence-corrected chi connectivity index (χ0v) is 11.8. The van der Waals surface area contributed by atoms with Crippen molar-refractivity contribution >= 4 is 11.9 Å². The van der Waals surface area contributed by atoms with E-state index in [1.807, 2.05) is 0 Å². The zero-order valence-electron chi connectivity index (χ0n) is 11.8. The van der Waals surface area contributed by atoms with Crippen LogP contribution in [0.1, 0.15) is 35.2 Å². The van der Waals surface area contributed by atoms with Gasteiger partial charge < -0.3 is 14.7 Å². The van der Waals surface area contributed by atoms with Gasteiger partial charge in [-0.1, -0.05) is 0 Å². The van der Waals surface area contributed by atoms with Crippen LogP contribution in [-0.2, 0) is 9.53 Å². The number of phenolic OH excluding ortho intramolecular Hbond substituents is 1. The minimum Gasteiger partial charge on any atom is -0.508 e. The van der Waals surface area contributed by atoms with E-state index >= 15 is 0 Å². The molecule has 0 bridgehead atoms. The maximum atomic E-state index is 12.5. The first-order valence-corrected chi connectivity index (χ1v) is 6.73. The van der Waals surface area contributed by atoms with E-state index < -0.39 is 6.04 Å². The second-order valence-corrected chi connectivity index (χ2v) is 5.03. The standard InChI is InChI=1S/C15H19NO4/c1-10-9-11(6-7-13(10)17)14(18)16-8-4-3-5-12(16)15(19)20-2/h6-7,9,12,17H,3-5,8H2,1-2H3/t12-/m1/s1. The molecular weight excluding hydrogens is 258 g/mol. The van der Waals surface area contributed by atoms with E-state index in [2.05, 4.69) is 0 Å². The van der Waals surface area contributed by atoms with Gasteiger partial charge in [-0.15, -0.1) is 0 Å². The molecule has 1 aromatic rings. The highest BCUT2D eigenvalue weighted by atomic mass is 16.5. The molecule has 1 aliphatic rings. The molecule has 1 amide bonds. The molecule has 1 aromatic carbocycles. The van der Waals surface area contributed by atoms with Crippen molar-refractivity contribution in [2.24, 2.45) is 0 Å². The van der Waals surface area contributed by atoms with E-state index in [1.54, 1.807) is 24.0 Å². The lowest BCUT2D eigenvalue weighted by Crippen LogP contribution is -2.48. The first-order valence-electron chi connectivity index (χ1n) is 6.73. The lowest BCUT2D eigenvalue weighted by molar-refractivity contribution is -0.147. The van der Waals surface area contributed by atoms with Crippen molar-refractivity contribution in [2.75, 3.05) is 13.7 Å². The monoisotopic (exact) mass is 277 g/mol. The number of carbonyl (C=O) groups is 2. The Hall–Kier alpha value is -2.04. The number of amides is 1. The number of hydrogen-bond donors (Lipinski definition) is 1. The van der Waals surface area contributed by atoms with Crippen molar-refractivity contribution in [3.63, 3.8) is 0 Å². The van der Waals surface area contributed by atoms with Crippen LogP contribution in [0.3, 0.4) is 0 Å². The Morgan fingerprint density at radius 1 is 1.35 bits per heavy atom. The van der Waals surface area contributed by atoms with Crippen LogP contribution in [-0.4, -0.2) is 41.6 Å². The van der Waals surface area contributed by atoms with Crippen molar-refractivity contribution in [3.8, 4) is 5.75 Å². The molecule has 0 spiro atoms. The number of piperidine rings is 1. The Kier molecular flexibility index (Phi) is 4.27. The molecule has 0 saturated carbocycles. The molecule has 0 unspecified atom stereocenters. The summed E-state index contributed by atoms with van der Waals surface area (Å²) in [5, 5.41) is 9.52. The number of aryl methyl sites for hydroxylation is 1. The molecule has 0 aliphatic carbocycles. The van der Waals surface area contributed by atoms with Gasteiger partial charge in [-0.05, 0) is 49.9 Å². The largest absolute Gasteiger partial charge is 0.508 e. The van der Waals surface area contributed by atoms with Gasteiger partial charge in [0.25, 0.3) is 5.91 Å². The summed E-state index contributed by atoms with van der Waals surface area (Å²) in [7, 11) is 1.34. The van der Waals surface area contributed by atoms with Crippen molar-refractivity contribution in [1.29, 1.82) is 0 Å². The van der Waals surface area contributed by atoms with Crippen molar-refractivity contribution in [1.82, 2.24) is 4.90 Å². The molecule has 0 radical (unpaired) electrons. The van der Waals surface area contributed by atoms with Crippen molar-refractivity contribution in [3.05, 3.63) is 29.3 Å². The number of phenols is 1. The normalized spacial score (nSPS) is 18.7. The molecule has 108 valence electrons. The summed E-state index contributed by atoms with van der Waals surface area (Å²) in [6.07, 6.45) is 2.43. The molecule has 1 atom stereocenters. The Morgan fingerprint density at radius 2 is 2.10 bits per heavy atom. The smallest absolute Gasteiger partial charge is 0.328 e. The average Bonchev–Trinajstić information content (AvgIpc) is 2.48. The highest BCUT2D eigenvalue weighted by molar-refractivity contribution is 5.97. The van der Waals surface area contributed by atoms with Gasteiger partial charge in [-0.25, -0.2) is 4.79 Å². The van der Waals surface area contributed by atoms with Gasteiger partial charge in [0.1, 0.15) is 11.8 Å². The number of aromatic hydroxyl groups is 1. The molecule has 20 heavy (non-hydrogen) atoms. The summed E-state index contributed by atoms with van der Waals surface area (Å²) in [6.45, 7) is 2.29. The fraction of sp³-hybridized carbons (Fsp3) is 0.467. The molecule has 1 N–H and O–H groups in total. The summed E-state index contributed by atoms with van der Waals surface area (Å²) in [6, 6.07) is 4.21. The van der Waals surface area contributed by atoms with Crippen LogP contribution in [0.5, 0.6) is 5.75 Å². The van der Waals surface area contributed by atoms with Gasteiger partial charge in [-0.2, -0.15) is 0 Å². The minimum absolute atomic E-state index is 0.157. The fourth-order valence-electron chi connectivity index (χ4n) is 2.51. The number of benzene rings is 1. The van der Waals surface area contributed by atoms with Crippen LogP contribution in [0.15, 0.2) is 18.2 Å². The van der Waals surface area contributed by atoms with Gasteiger partial charge >= 0.3 is 5.97 Å². The van der Waals surface area contributed by atoms with E-state index in [4.69, 9.17) is 4.74 Å². The third-order valence-electron chi connectivity index (χ3n) is 3.68. The summed E-state index contributed by atoms with van der Waals surface area (Å²) in [5.74, 6) is -0.401. The predicted molar refractivity (Wildman–Crippen MR) is 73.5 cm³/mol. The highest BCUT2D eigenvalue weighted by Crippen LogP contribution is 2.23. The quantitative estimate of drug-likeness (QED) is 0.838. The van der Waals surface area contributed by atoms with Gasteiger partial charge in [0.2, 0.25) is 0 Å². The number of carbonyl (C=O) groups excluding carboxylic acids is 2. The topological polar surface area (TPSA) is 66.8 Å². The van der Waals surface area contributed by atoms with Crippen LogP contribution >= 0.6 is 0 Å². The molecule has 1 fully saturated rings. The molecule has 5 nitrogen and oxygen atoms in total. The third kappa shape index (κ3) is 2.76. The summed E-state index contributed by atoms with van der Waals surface area (Å²) in [4.78, 5) is 25.9. The predicted octanol–water partition coefficient (Wildman–Crippen LogP) is 1.87. The maximum Gasteiger partial charge on any atom is 0.328 e. The first-order chi connectivity index (χ1) is 9.54. The first kappa shape index (κ1) is 14.4. The third-order valence-corrected chi connectivity index (χ3v) is 3.68. The Balaban J connectivity index is 2.25. The number of likely N-dealkylation sites (tertiary alicyclic amines) is 1. The molecule has 1 saturated heterocycles. The van der Waals surface area contributed by atoms with E-state index in [0.717, 1.165) is 12.8 Å². The lowest BCUT2D eigenvalue weighted by Gasteiger charge is -2.33. The molecule has 1 aliphatic heterocycles. The number of ether oxygens (including phenoxy) is 1. The second kappa shape index (κ2) is 5.94. The summed E-state index contributed by atoms with van der Waals surface area (Å²) < 4.78 is 4.78. The number of methoxy groups -OCH3 is 1. The van der Waals surface area contributed by atoms with Crippen LogP contribution in [0, 0.1) is 6.92 Å². The van der Waals surface area contributed by atoms with E-state index in [1.165, 1.54) is 13.2 Å². The Bertz CT molecular complexity index is 527. The molecule has 5 heteroatoms. The van der Waals surface area contributed by atoms with Crippen molar-refractivity contribution in [2.45, 2.75) is 32.2 Å². The van der Waals surface area contributed by atoms with Gasteiger partial charge in [0, 0.05) is 12.1 Å². The van der Waals surface area contributed by atoms with E-state index in [0.29, 0.717) is 24.1 Å². The minimum atomic E-state index is -0.504. The van der Waals surface area contributed by atoms with Crippen LogP contribution < -0.4 is 0 Å². The summed E-state index contributed by atoms with van der Waals surface area (Å²) >= 11 is 0. The highest BCUT2D eigenvalue weighted by Gasteiger charge is 2.33. The fourth-order valence-corrected chi connectivity index (χ4v) is 2.51. The Labute approximate surface area is 118 Å². The average molecular weight is 277 g/mol. The molecular formula is C15H19NO4. The van der Waals surface area contributed by atoms with Crippen LogP contribution in [0.2, 0.25) is 0 Å². The van der Waals surface area contributed by atoms with E-state index in [9.17, 15) is 14.7 Å². The summed E-state index contributed by atoms with van der Waals surface area (Å²) in [5.41, 5.74) is 1.12. The van der Waals surface area contributed by atoms with E-state index in [-0.39, 0.29) is 17.6 Å². The molecule has 2 rings (SSSR count). The van der Waals surface area contributed by atoms with Crippen LogP contribution in [0.25, 0.3) is 0 Å². The molecule has 1 heterocycles. The van der Waals surface area contributed by atoms with Gasteiger partial charge in [0.05, 0.1) is 7.11 Å². The van der Waals surface area contributed by atoms with Gasteiger partial charge in [0.15, 0.2) is 0 Å². The second-order valence-electron chi connectivity index (χ2n) is 5.03. The maximum absolute atomic E-state index is 12.5. The zero-order chi connectivity index (χ0) is 14.7. The van der Waals surface area contributed by atoms with Crippen molar-refractivity contribution < 1.29 is 19.4 Å². The SMILES string of the molecule is COC(=O)[C@H]1CCCCN1C(=O)c1ccc(O)c(C)c1. The number of hydrogen-bond acceptors (Lipinski definition) is 4. The van der Waals surface area contributed by atoms with Gasteiger partial charge in [-0.3, -0.25) is 4.79 Å². The number of esters is 1. The van der Waals surface area contributed by atoms with Crippen LogP contribution in [0.4, 0.5) is 0 Å². The number of nitrogens with zero attached hydrogens (tertiary/aromatic N) is 1. The molecule has 0 aromatic heterocycles. The lowest BCUT2D eigenvalue weighted by atomic mass is 10.0. The number of rotatable bonds is 2.